The molecule has 1 aliphatic heterocycles. The molecule has 3 N–H and O–H groups in total. The van der Waals surface area contributed by atoms with Gasteiger partial charge in [0.1, 0.15) is 0 Å². The predicted molar refractivity (Wildman–Crippen MR) is 79.1 cm³/mol. The van der Waals surface area contributed by atoms with Gasteiger partial charge >= 0.3 is 0 Å². The third-order valence-electron chi connectivity index (χ3n) is 4.06. The summed E-state index contributed by atoms with van der Waals surface area (Å²) in [6, 6.07) is 1.49. The maximum absolute atomic E-state index is 12.9. The molecule has 20 heavy (non-hydrogen) atoms. The number of anilines is 1. The normalized spacial score (nSPS) is 20.5. The number of aliphatic hydroxyl groups excluding tert-OH is 1. The first-order valence-corrected chi connectivity index (χ1v) is 8.23. The number of hydrogen-bond acceptors (Lipinski definition) is 4. The van der Waals surface area contributed by atoms with Crippen molar-refractivity contribution < 1.29 is 13.5 Å². The van der Waals surface area contributed by atoms with E-state index in [1.807, 2.05) is 6.92 Å². The van der Waals surface area contributed by atoms with Crippen molar-refractivity contribution in [3.63, 3.8) is 0 Å². The second kappa shape index (κ2) is 5.35. The van der Waals surface area contributed by atoms with E-state index in [0.29, 0.717) is 34.7 Å². The third kappa shape index (κ3) is 2.32. The first-order valence-electron chi connectivity index (χ1n) is 6.79. The van der Waals surface area contributed by atoms with Gasteiger partial charge in [-0.1, -0.05) is 6.07 Å². The highest BCUT2D eigenvalue weighted by molar-refractivity contribution is 7.89. The molecule has 2 rings (SSSR count). The molecular formula is C14H22N2O3S. The van der Waals surface area contributed by atoms with Gasteiger partial charge in [0.05, 0.1) is 11.5 Å². The minimum Gasteiger partial charge on any atom is -0.398 e. The average Bonchev–Trinajstić information content (AvgIpc) is 2.84. The summed E-state index contributed by atoms with van der Waals surface area (Å²) in [5.74, 6) is 0. The van der Waals surface area contributed by atoms with Crippen LogP contribution < -0.4 is 5.73 Å². The Morgan fingerprint density at radius 2 is 2.00 bits per heavy atom. The lowest BCUT2D eigenvalue weighted by atomic mass is 10.1. The van der Waals surface area contributed by atoms with Crippen LogP contribution in [0.15, 0.2) is 11.0 Å². The van der Waals surface area contributed by atoms with E-state index in [1.54, 1.807) is 19.9 Å². The number of nitrogens with zero attached hydrogens (tertiary/aromatic N) is 1. The highest BCUT2D eigenvalue weighted by Crippen LogP contribution is 2.33. The van der Waals surface area contributed by atoms with Crippen molar-refractivity contribution in [3.8, 4) is 0 Å². The first-order chi connectivity index (χ1) is 9.30. The maximum atomic E-state index is 12.9. The summed E-state index contributed by atoms with van der Waals surface area (Å²) in [6.07, 6.45) is 1.49. The van der Waals surface area contributed by atoms with Gasteiger partial charge in [0.2, 0.25) is 10.0 Å². The van der Waals surface area contributed by atoms with Gasteiger partial charge in [-0.15, -0.1) is 0 Å². The van der Waals surface area contributed by atoms with Crippen LogP contribution in [0.2, 0.25) is 0 Å². The van der Waals surface area contributed by atoms with Crippen LogP contribution in [0, 0.1) is 20.8 Å². The molecule has 1 aromatic rings. The SMILES string of the molecule is Cc1cc(C)c(S(=O)(=O)N2CCCC2CO)c(C)c1N. The van der Waals surface area contributed by atoms with Crippen LogP contribution in [-0.4, -0.2) is 37.0 Å². The molecule has 0 spiro atoms. The molecular weight excluding hydrogens is 276 g/mol. The Bertz CT molecular complexity index is 626. The van der Waals surface area contributed by atoms with E-state index in [0.717, 1.165) is 12.0 Å². The fraction of sp³-hybridized carbons (Fsp3) is 0.571. The van der Waals surface area contributed by atoms with E-state index < -0.39 is 10.0 Å². The second-order valence-corrected chi connectivity index (χ2v) is 7.30. The Balaban J connectivity index is 2.58. The zero-order valence-corrected chi connectivity index (χ0v) is 13.0. The van der Waals surface area contributed by atoms with E-state index >= 15 is 0 Å². The minimum atomic E-state index is -3.61. The number of nitrogen functional groups attached to an aromatic ring is 1. The largest absolute Gasteiger partial charge is 0.398 e. The number of sulfonamides is 1. The molecule has 0 amide bonds. The second-order valence-electron chi connectivity index (χ2n) is 5.47. The summed E-state index contributed by atoms with van der Waals surface area (Å²) in [5, 5.41) is 9.35. The number of hydrogen-bond donors (Lipinski definition) is 2. The molecule has 112 valence electrons. The topological polar surface area (TPSA) is 83.6 Å². The molecule has 0 bridgehead atoms. The van der Waals surface area contributed by atoms with E-state index in [-0.39, 0.29) is 12.6 Å². The number of aliphatic hydroxyl groups is 1. The van der Waals surface area contributed by atoms with Crippen LogP contribution in [-0.2, 0) is 10.0 Å². The average molecular weight is 298 g/mol. The Morgan fingerprint density at radius 1 is 1.35 bits per heavy atom. The fourth-order valence-corrected chi connectivity index (χ4v) is 5.14. The third-order valence-corrected chi connectivity index (χ3v) is 6.30. The lowest BCUT2D eigenvalue weighted by Gasteiger charge is -2.25. The van der Waals surface area contributed by atoms with Gasteiger partial charge in [-0.05, 0) is 50.3 Å². The lowest BCUT2D eigenvalue weighted by molar-refractivity contribution is 0.213. The molecule has 1 aliphatic rings. The minimum absolute atomic E-state index is 0.140. The monoisotopic (exact) mass is 298 g/mol. The summed E-state index contributed by atoms with van der Waals surface area (Å²) in [7, 11) is -3.61. The van der Waals surface area contributed by atoms with E-state index in [9.17, 15) is 13.5 Å². The number of aryl methyl sites for hydroxylation is 2. The molecule has 1 aromatic carbocycles. The molecule has 0 aromatic heterocycles. The summed E-state index contributed by atoms with van der Waals surface area (Å²) < 4.78 is 27.2. The van der Waals surface area contributed by atoms with Gasteiger partial charge in [0.25, 0.3) is 0 Å². The van der Waals surface area contributed by atoms with Gasteiger partial charge in [0, 0.05) is 18.3 Å². The van der Waals surface area contributed by atoms with Crippen LogP contribution in [0.1, 0.15) is 29.5 Å². The van der Waals surface area contributed by atoms with E-state index in [4.69, 9.17) is 5.73 Å². The Labute approximate surface area is 120 Å². The Hall–Kier alpha value is -1.11. The van der Waals surface area contributed by atoms with Crippen LogP contribution in [0.3, 0.4) is 0 Å². The van der Waals surface area contributed by atoms with Crippen LogP contribution in [0.4, 0.5) is 5.69 Å². The molecule has 1 saturated heterocycles. The molecule has 1 atom stereocenters. The number of benzene rings is 1. The van der Waals surface area contributed by atoms with Crippen molar-refractivity contribution in [1.29, 1.82) is 0 Å². The van der Waals surface area contributed by atoms with Gasteiger partial charge in [-0.25, -0.2) is 8.42 Å². The van der Waals surface area contributed by atoms with Crippen LogP contribution in [0.5, 0.6) is 0 Å². The van der Waals surface area contributed by atoms with Gasteiger partial charge in [-0.3, -0.25) is 0 Å². The van der Waals surface area contributed by atoms with Gasteiger partial charge < -0.3 is 10.8 Å². The van der Waals surface area contributed by atoms with Gasteiger partial charge in [-0.2, -0.15) is 4.31 Å². The number of rotatable bonds is 3. The van der Waals surface area contributed by atoms with Crippen molar-refractivity contribution in [2.75, 3.05) is 18.9 Å². The fourth-order valence-electron chi connectivity index (χ4n) is 3.00. The van der Waals surface area contributed by atoms with Crippen molar-refractivity contribution in [2.24, 2.45) is 0 Å². The zero-order valence-electron chi connectivity index (χ0n) is 12.2. The van der Waals surface area contributed by atoms with Crippen molar-refractivity contribution >= 4 is 15.7 Å². The maximum Gasteiger partial charge on any atom is 0.244 e. The quantitative estimate of drug-likeness (QED) is 0.825. The van der Waals surface area contributed by atoms with E-state index in [1.165, 1.54) is 4.31 Å². The number of nitrogens with two attached hydrogens (primary N) is 1. The summed E-state index contributed by atoms with van der Waals surface area (Å²) in [6.45, 7) is 5.72. The molecule has 1 unspecified atom stereocenters. The van der Waals surface area contributed by atoms with Crippen LogP contribution >= 0.6 is 0 Å². The predicted octanol–water partition coefficient (Wildman–Crippen LogP) is 1.34. The first kappa shape index (κ1) is 15.3. The van der Waals surface area contributed by atoms with Gasteiger partial charge in [0.15, 0.2) is 0 Å². The van der Waals surface area contributed by atoms with Crippen molar-refractivity contribution in [3.05, 3.63) is 22.8 Å². The molecule has 1 heterocycles. The highest BCUT2D eigenvalue weighted by Gasteiger charge is 2.36. The molecule has 5 nitrogen and oxygen atoms in total. The lowest BCUT2D eigenvalue weighted by Crippen LogP contribution is -2.38. The smallest absolute Gasteiger partial charge is 0.244 e. The molecule has 1 fully saturated rings. The summed E-state index contributed by atoms with van der Waals surface area (Å²) in [5.41, 5.74) is 8.70. The Morgan fingerprint density at radius 3 is 2.60 bits per heavy atom. The highest BCUT2D eigenvalue weighted by atomic mass is 32.2. The molecule has 0 radical (unpaired) electrons. The van der Waals surface area contributed by atoms with Crippen molar-refractivity contribution in [2.45, 2.75) is 44.6 Å². The standard InChI is InChI=1S/C14H22N2O3S/c1-9-7-10(2)14(11(3)13(9)15)20(18,19)16-6-4-5-12(16)8-17/h7,12,17H,4-6,8,15H2,1-3H3. The summed E-state index contributed by atoms with van der Waals surface area (Å²) >= 11 is 0. The molecule has 0 saturated carbocycles. The zero-order chi connectivity index (χ0) is 15.1. The van der Waals surface area contributed by atoms with E-state index in [2.05, 4.69) is 0 Å². The van der Waals surface area contributed by atoms with Crippen molar-refractivity contribution in [1.82, 2.24) is 4.31 Å². The van der Waals surface area contributed by atoms with Crippen LogP contribution in [0.25, 0.3) is 0 Å². The molecule has 6 heteroatoms. The molecule has 0 aliphatic carbocycles. The Kier molecular flexibility index (Phi) is 4.09. The summed E-state index contributed by atoms with van der Waals surface area (Å²) in [4.78, 5) is 0.293.